The molecule has 0 amide bonds. The Morgan fingerprint density at radius 3 is 2.25 bits per heavy atom. The minimum atomic E-state index is -0.698. The normalized spacial score (nSPS) is 20.6. The molecule has 2 heteroatoms. The predicted octanol–water partition coefficient (Wildman–Crippen LogP) is 4.51. The van der Waals surface area contributed by atoms with Crippen LogP contribution in [0.4, 0.5) is 0 Å². The minimum absolute atomic E-state index is 0.364. The van der Waals surface area contributed by atoms with Crippen molar-refractivity contribution in [1.29, 1.82) is 0 Å². The second-order valence-electron chi connectivity index (χ2n) is 6.07. The molecule has 112 valence electrons. The smallest absolute Gasteiger partial charge is 0.118 e. The standard InChI is InChI=1S/C18H28O2/c1-4-17(14-8-6-7-9-14)18(19,5-2)15-10-12-16(20-3)13-11-15/h10-14,17,19H,4-9H2,1-3H3. The van der Waals surface area contributed by atoms with Gasteiger partial charge in [0.2, 0.25) is 0 Å². The Bertz CT molecular complexity index is 406. The van der Waals surface area contributed by atoms with Gasteiger partial charge >= 0.3 is 0 Å². The van der Waals surface area contributed by atoms with Gasteiger partial charge in [0.1, 0.15) is 5.75 Å². The summed E-state index contributed by atoms with van der Waals surface area (Å²) in [6, 6.07) is 7.97. The van der Waals surface area contributed by atoms with Crippen LogP contribution in [0.5, 0.6) is 5.75 Å². The molecule has 0 saturated heterocycles. The van der Waals surface area contributed by atoms with Crippen LogP contribution in [-0.2, 0) is 5.60 Å². The molecule has 1 N–H and O–H groups in total. The first kappa shape index (κ1) is 15.4. The van der Waals surface area contributed by atoms with Gasteiger partial charge in [-0.25, -0.2) is 0 Å². The number of hydrogen-bond acceptors (Lipinski definition) is 2. The summed E-state index contributed by atoms with van der Waals surface area (Å²) in [5.41, 5.74) is 0.343. The second kappa shape index (κ2) is 6.62. The maximum Gasteiger partial charge on any atom is 0.118 e. The van der Waals surface area contributed by atoms with Crippen LogP contribution in [0.2, 0.25) is 0 Å². The summed E-state index contributed by atoms with van der Waals surface area (Å²) in [4.78, 5) is 0. The van der Waals surface area contributed by atoms with Crippen molar-refractivity contribution in [2.75, 3.05) is 7.11 Å². The Kier molecular flexibility index (Phi) is 5.09. The molecule has 1 aliphatic carbocycles. The van der Waals surface area contributed by atoms with Crippen molar-refractivity contribution < 1.29 is 9.84 Å². The highest BCUT2D eigenvalue weighted by Gasteiger charge is 2.41. The van der Waals surface area contributed by atoms with Crippen molar-refractivity contribution >= 4 is 0 Å². The van der Waals surface area contributed by atoms with Crippen LogP contribution < -0.4 is 4.74 Å². The van der Waals surface area contributed by atoms with Crippen LogP contribution in [0.3, 0.4) is 0 Å². The Hall–Kier alpha value is -1.02. The largest absolute Gasteiger partial charge is 0.497 e. The van der Waals surface area contributed by atoms with E-state index in [9.17, 15) is 5.11 Å². The lowest BCUT2D eigenvalue weighted by Crippen LogP contribution is -2.38. The molecular weight excluding hydrogens is 248 g/mol. The zero-order valence-electron chi connectivity index (χ0n) is 13.1. The van der Waals surface area contributed by atoms with Crippen molar-refractivity contribution in [2.45, 2.75) is 58.0 Å². The van der Waals surface area contributed by atoms with E-state index in [1.807, 2.05) is 24.3 Å². The number of ether oxygens (including phenoxy) is 1. The average Bonchev–Trinajstić information content (AvgIpc) is 3.01. The quantitative estimate of drug-likeness (QED) is 0.828. The number of aliphatic hydroxyl groups is 1. The van der Waals surface area contributed by atoms with Gasteiger partial charge in [-0.05, 0) is 42.4 Å². The van der Waals surface area contributed by atoms with E-state index in [0.29, 0.717) is 11.8 Å². The molecule has 1 aliphatic rings. The molecule has 1 aromatic rings. The Morgan fingerprint density at radius 1 is 1.20 bits per heavy atom. The summed E-state index contributed by atoms with van der Waals surface area (Å²) in [6.07, 6.45) is 7.01. The van der Waals surface area contributed by atoms with Crippen molar-refractivity contribution in [2.24, 2.45) is 11.8 Å². The maximum absolute atomic E-state index is 11.3. The first-order valence-corrected chi connectivity index (χ1v) is 8.02. The van der Waals surface area contributed by atoms with E-state index in [2.05, 4.69) is 13.8 Å². The molecule has 0 spiro atoms. The van der Waals surface area contributed by atoms with Crippen LogP contribution in [0.25, 0.3) is 0 Å². The van der Waals surface area contributed by atoms with Gasteiger partial charge in [0.25, 0.3) is 0 Å². The van der Waals surface area contributed by atoms with E-state index in [-0.39, 0.29) is 0 Å². The van der Waals surface area contributed by atoms with Crippen molar-refractivity contribution in [3.05, 3.63) is 29.8 Å². The number of rotatable bonds is 6. The van der Waals surface area contributed by atoms with Gasteiger partial charge in [-0.3, -0.25) is 0 Å². The molecule has 0 aromatic heterocycles. The van der Waals surface area contributed by atoms with Gasteiger partial charge < -0.3 is 9.84 Å². The van der Waals surface area contributed by atoms with Gasteiger partial charge in [-0.2, -0.15) is 0 Å². The fourth-order valence-corrected chi connectivity index (χ4v) is 3.98. The molecule has 0 heterocycles. The zero-order valence-corrected chi connectivity index (χ0v) is 13.1. The molecule has 1 saturated carbocycles. The average molecular weight is 276 g/mol. The molecule has 0 aliphatic heterocycles. The van der Waals surface area contributed by atoms with Crippen molar-refractivity contribution in [3.8, 4) is 5.75 Å². The zero-order chi connectivity index (χ0) is 14.6. The third kappa shape index (κ3) is 2.85. The van der Waals surface area contributed by atoms with Crippen LogP contribution >= 0.6 is 0 Å². The van der Waals surface area contributed by atoms with Gasteiger partial charge in [-0.1, -0.05) is 51.7 Å². The first-order valence-electron chi connectivity index (χ1n) is 8.02. The molecule has 0 bridgehead atoms. The number of methoxy groups -OCH3 is 1. The monoisotopic (exact) mass is 276 g/mol. The maximum atomic E-state index is 11.3. The summed E-state index contributed by atoms with van der Waals surface area (Å²) >= 11 is 0. The van der Waals surface area contributed by atoms with Crippen LogP contribution in [0, 0.1) is 11.8 Å². The molecule has 20 heavy (non-hydrogen) atoms. The Balaban J connectivity index is 2.29. The minimum Gasteiger partial charge on any atom is -0.497 e. The topological polar surface area (TPSA) is 29.5 Å². The summed E-state index contributed by atoms with van der Waals surface area (Å²) in [5.74, 6) is 1.89. The van der Waals surface area contributed by atoms with E-state index < -0.39 is 5.60 Å². The highest BCUT2D eigenvalue weighted by molar-refractivity contribution is 5.31. The Labute approximate surface area is 123 Å². The summed E-state index contributed by atoms with van der Waals surface area (Å²) in [7, 11) is 1.67. The third-order valence-corrected chi connectivity index (χ3v) is 5.15. The van der Waals surface area contributed by atoms with Crippen molar-refractivity contribution in [3.63, 3.8) is 0 Å². The lowest BCUT2D eigenvalue weighted by molar-refractivity contribution is -0.0532. The summed E-state index contributed by atoms with van der Waals surface area (Å²) in [5, 5.41) is 11.3. The van der Waals surface area contributed by atoms with E-state index >= 15 is 0 Å². The molecule has 2 rings (SSSR count). The van der Waals surface area contributed by atoms with Crippen LogP contribution in [0.15, 0.2) is 24.3 Å². The van der Waals surface area contributed by atoms with Gasteiger partial charge in [0.15, 0.2) is 0 Å². The predicted molar refractivity (Wildman–Crippen MR) is 82.9 cm³/mol. The fourth-order valence-electron chi connectivity index (χ4n) is 3.98. The van der Waals surface area contributed by atoms with E-state index in [4.69, 9.17) is 4.74 Å². The molecule has 2 unspecified atom stereocenters. The number of benzene rings is 1. The summed E-state index contributed by atoms with van der Waals surface area (Å²) in [6.45, 7) is 4.31. The van der Waals surface area contributed by atoms with E-state index in [1.165, 1.54) is 25.7 Å². The first-order chi connectivity index (χ1) is 9.65. The van der Waals surface area contributed by atoms with Gasteiger partial charge in [-0.15, -0.1) is 0 Å². The fraction of sp³-hybridized carbons (Fsp3) is 0.667. The summed E-state index contributed by atoms with van der Waals surface area (Å²) < 4.78 is 5.22. The van der Waals surface area contributed by atoms with Gasteiger partial charge in [0.05, 0.1) is 12.7 Å². The van der Waals surface area contributed by atoms with Crippen LogP contribution in [0.1, 0.15) is 57.9 Å². The molecule has 1 fully saturated rings. The molecular formula is C18H28O2. The van der Waals surface area contributed by atoms with Crippen molar-refractivity contribution in [1.82, 2.24) is 0 Å². The highest BCUT2D eigenvalue weighted by atomic mass is 16.5. The van der Waals surface area contributed by atoms with Crippen LogP contribution in [-0.4, -0.2) is 12.2 Å². The second-order valence-corrected chi connectivity index (χ2v) is 6.07. The molecule has 1 aromatic carbocycles. The SMILES string of the molecule is CCC(C1CCCC1)C(O)(CC)c1ccc(OC)cc1. The lowest BCUT2D eigenvalue weighted by Gasteiger charge is -2.39. The van der Waals surface area contributed by atoms with E-state index in [1.54, 1.807) is 7.11 Å². The Morgan fingerprint density at radius 2 is 1.80 bits per heavy atom. The molecule has 0 radical (unpaired) electrons. The van der Waals surface area contributed by atoms with Gasteiger partial charge in [0, 0.05) is 0 Å². The number of hydrogen-bond donors (Lipinski definition) is 1. The third-order valence-electron chi connectivity index (χ3n) is 5.15. The molecule has 2 atom stereocenters. The van der Waals surface area contributed by atoms with E-state index in [0.717, 1.165) is 24.2 Å². The molecule has 2 nitrogen and oxygen atoms in total. The lowest BCUT2D eigenvalue weighted by atomic mass is 9.71. The highest BCUT2D eigenvalue weighted by Crippen LogP contribution is 2.45.